The quantitative estimate of drug-likeness (QED) is 0.832. The van der Waals surface area contributed by atoms with Gasteiger partial charge in [0.05, 0.1) is 0 Å². The van der Waals surface area contributed by atoms with Gasteiger partial charge in [0.15, 0.2) is 0 Å². The molecule has 0 radical (unpaired) electrons. The van der Waals surface area contributed by atoms with Gasteiger partial charge in [-0.15, -0.1) is 11.6 Å². The molecular weight excluding hydrogens is 258 g/mol. The maximum Gasteiger partial charge on any atom is 0.251 e. The maximum absolute atomic E-state index is 12.2. The van der Waals surface area contributed by atoms with Crippen molar-refractivity contribution in [2.45, 2.75) is 39.0 Å². The van der Waals surface area contributed by atoms with E-state index in [4.69, 9.17) is 11.6 Å². The highest BCUT2D eigenvalue weighted by atomic mass is 35.5. The van der Waals surface area contributed by atoms with Crippen LogP contribution in [0.5, 0.6) is 0 Å². The van der Waals surface area contributed by atoms with Crippen LogP contribution in [-0.4, -0.2) is 18.3 Å². The number of alkyl halides is 1. The lowest BCUT2D eigenvalue weighted by Gasteiger charge is -2.35. The van der Waals surface area contributed by atoms with Gasteiger partial charge in [-0.1, -0.05) is 37.5 Å². The number of benzene rings is 1. The Kier molecular flexibility index (Phi) is 4.87. The normalized spacial score (nSPS) is 18.0. The van der Waals surface area contributed by atoms with Crippen LogP contribution >= 0.6 is 11.6 Å². The van der Waals surface area contributed by atoms with Crippen molar-refractivity contribution in [1.29, 1.82) is 0 Å². The fraction of sp³-hybridized carbons (Fsp3) is 0.562. The van der Waals surface area contributed by atoms with Crippen molar-refractivity contribution >= 4 is 17.5 Å². The summed E-state index contributed by atoms with van der Waals surface area (Å²) < 4.78 is 0. The standard InChI is InChI=1S/C16H22ClNO/c1-13-7-3-4-8-14(13)15(19)18-12-16(11-17)9-5-2-6-10-16/h3-4,7-8H,2,5-6,9-12H2,1H3,(H,18,19). The maximum atomic E-state index is 12.2. The second-order valence-electron chi connectivity index (χ2n) is 5.69. The smallest absolute Gasteiger partial charge is 0.251 e. The second kappa shape index (κ2) is 6.42. The van der Waals surface area contributed by atoms with Gasteiger partial charge in [-0.05, 0) is 31.4 Å². The molecule has 1 aromatic carbocycles. The van der Waals surface area contributed by atoms with Crippen molar-refractivity contribution in [3.05, 3.63) is 35.4 Å². The molecule has 0 unspecified atom stereocenters. The van der Waals surface area contributed by atoms with Crippen molar-refractivity contribution < 1.29 is 4.79 Å². The Bertz CT molecular complexity index is 438. The summed E-state index contributed by atoms with van der Waals surface area (Å²) >= 11 is 6.15. The molecule has 1 amide bonds. The molecule has 1 aliphatic rings. The number of carbonyl (C=O) groups is 1. The molecule has 1 N–H and O–H groups in total. The van der Waals surface area contributed by atoms with Crippen molar-refractivity contribution in [3.8, 4) is 0 Å². The van der Waals surface area contributed by atoms with Crippen LogP contribution in [0.4, 0.5) is 0 Å². The van der Waals surface area contributed by atoms with E-state index in [0.29, 0.717) is 12.4 Å². The molecule has 0 bridgehead atoms. The first-order chi connectivity index (χ1) is 9.17. The summed E-state index contributed by atoms with van der Waals surface area (Å²) in [5.41, 5.74) is 1.89. The van der Waals surface area contributed by atoms with Crippen LogP contribution in [0.1, 0.15) is 48.0 Å². The van der Waals surface area contributed by atoms with Crippen LogP contribution in [-0.2, 0) is 0 Å². The van der Waals surface area contributed by atoms with Crippen LogP contribution < -0.4 is 5.32 Å². The number of nitrogens with one attached hydrogen (secondary N) is 1. The molecule has 0 saturated heterocycles. The van der Waals surface area contributed by atoms with E-state index in [1.165, 1.54) is 19.3 Å². The van der Waals surface area contributed by atoms with Crippen LogP contribution in [0.15, 0.2) is 24.3 Å². The summed E-state index contributed by atoms with van der Waals surface area (Å²) in [7, 11) is 0. The minimum atomic E-state index is 0.0214. The summed E-state index contributed by atoms with van der Waals surface area (Å²) in [6.07, 6.45) is 6.01. The molecule has 3 heteroatoms. The molecule has 2 rings (SSSR count). The fourth-order valence-electron chi connectivity index (χ4n) is 2.85. The topological polar surface area (TPSA) is 29.1 Å². The van der Waals surface area contributed by atoms with Gasteiger partial charge in [-0.25, -0.2) is 0 Å². The Morgan fingerprint density at radius 1 is 1.26 bits per heavy atom. The molecule has 0 atom stereocenters. The van der Waals surface area contributed by atoms with Crippen LogP contribution in [0, 0.1) is 12.3 Å². The average molecular weight is 280 g/mol. The van der Waals surface area contributed by atoms with Crippen LogP contribution in [0.25, 0.3) is 0 Å². The van der Waals surface area contributed by atoms with Gasteiger partial charge in [0, 0.05) is 23.4 Å². The molecule has 0 aliphatic heterocycles. The summed E-state index contributed by atoms with van der Waals surface area (Å²) in [5.74, 6) is 0.661. The third kappa shape index (κ3) is 3.50. The molecule has 19 heavy (non-hydrogen) atoms. The Morgan fingerprint density at radius 2 is 1.95 bits per heavy atom. The van der Waals surface area contributed by atoms with Gasteiger partial charge in [-0.3, -0.25) is 4.79 Å². The molecule has 1 aromatic rings. The Hall–Kier alpha value is -1.02. The van der Waals surface area contributed by atoms with Crippen molar-refractivity contribution in [2.24, 2.45) is 5.41 Å². The largest absolute Gasteiger partial charge is 0.351 e. The number of halogens is 1. The molecular formula is C16H22ClNO. The number of amides is 1. The van der Waals surface area contributed by atoms with E-state index in [1.54, 1.807) is 0 Å². The van der Waals surface area contributed by atoms with Gasteiger partial charge < -0.3 is 5.32 Å². The summed E-state index contributed by atoms with van der Waals surface area (Å²) in [5, 5.41) is 3.08. The van der Waals surface area contributed by atoms with Gasteiger partial charge >= 0.3 is 0 Å². The average Bonchev–Trinajstić information content (AvgIpc) is 2.46. The highest BCUT2D eigenvalue weighted by molar-refractivity contribution is 6.18. The van der Waals surface area contributed by atoms with Crippen LogP contribution in [0.2, 0.25) is 0 Å². The highest BCUT2D eigenvalue weighted by Gasteiger charge is 2.31. The lowest BCUT2D eigenvalue weighted by Crippen LogP contribution is -2.40. The summed E-state index contributed by atoms with van der Waals surface area (Å²) in [6.45, 7) is 2.66. The van der Waals surface area contributed by atoms with Crippen molar-refractivity contribution in [2.75, 3.05) is 12.4 Å². The Labute approximate surface area is 120 Å². The van der Waals surface area contributed by atoms with Gasteiger partial charge in [0.2, 0.25) is 0 Å². The zero-order chi connectivity index (χ0) is 13.7. The van der Waals surface area contributed by atoms with Crippen LogP contribution in [0.3, 0.4) is 0 Å². The third-order valence-corrected chi connectivity index (χ3v) is 4.78. The number of carbonyl (C=O) groups excluding carboxylic acids is 1. The summed E-state index contributed by atoms with van der Waals surface area (Å²) in [6, 6.07) is 7.69. The molecule has 1 aliphatic carbocycles. The molecule has 0 aromatic heterocycles. The molecule has 104 valence electrons. The second-order valence-corrected chi connectivity index (χ2v) is 5.96. The lowest BCUT2D eigenvalue weighted by molar-refractivity contribution is 0.0920. The minimum Gasteiger partial charge on any atom is -0.351 e. The van der Waals surface area contributed by atoms with Crippen molar-refractivity contribution in [1.82, 2.24) is 5.32 Å². The van der Waals surface area contributed by atoms with E-state index < -0.39 is 0 Å². The zero-order valence-electron chi connectivity index (χ0n) is 11.5. The van der Waals surface area contributed by atoms with E-state index >= 15 is 0 Å². The summed E-state index contributed by atoms with van der Waals surface area (Å²) in [4.78, 5) is 12.2. The minimum absolute atomic E-state index is 0.0214. The lowest BCUT2D eigenvalue weighted by atomic mass is 9.75. The predicted molar refractivity (Wildman–Crippen MR) is 79.8 cm³/mol. The van der Waals surface area contributed by atoms with Gasteiger partial charge in [0.25, 0.3) is 5.91 Å². The highest BCUT2D eigenvalue weighted by Crippen LogP contribution is 2.36. The Morgan fingerprint density at radius 3 is 2.58 bits per heavy atom. The molecule has 1 fully saturated rings. The van der Waals surface area contributed by atoms with Gasteiger partial charge in [-0.2, -0.15) is 0 Å². The van der Waals surface area contributed by atoms with E-state index in [2.05, 4.69) is 5.32 Å². The van der Waals surface area contributed by atoms with Gasteiger partial charge in [0.1, 0.15) is 0 Å². The molecule has 0 heterocycles. The SMILES string of the molecule is Cc1ccccc1C(=O)NCC1(CCl)CCCCC1. The number of hydrogen-bond donors (Lipinski definition) is 1. The first-order valence-corrected chi connectivity index (χ1v) is 7.60. The number of rotatable bonds is 4. The fourth-order valence-corrected chi connectivity index (χ4v) is 3.21. The molecule has 1 saturated carbocycles. The number of hydrogen-bond acceptors (Lipinski definition) is 1. The molecule has 2 nitrogen and oxygen atoms in total. The van der Waals surface area contributed by atoms with E-state index in [9.17, 15) is 4.79 Å². The first kappa shape index (κ1) is 14.4. The predicted octanol–water partition coefficient (Wildman–Crippen LogP) is 3.91. The third-order valence-electron chi connectivity index (χ3n) is 4.21. The first-order valence-electron chi connectivity index (χ1n) is 7.07. The Balaban J connectivity index is 1.98. The monoisotopic (exact) mass is 279 g/mol. The van der Waals surface area contributed by atoms with E-state index in [1.807, 2.05) is 31.2 Å². The molecule has 0 spiro atoms. The van der Waals surface area contributed by atoms with E-state index in [0.717, 1.165) is 24.0 Å². The van der Waals surface area contributed by atoms with E-state index in [-0.39, 0.29) is 11.3 Å². The zero-order valence-corrected chi connectivity index (χ0v) is 12.3. The number of aryl methyl sites for hydroxylation is 1. The van der Waals surface area contributed by atoms with Crippen molar-refractivity contribution in [3.63, 3.8) is 0 Å².